The second-order valence-electron chi connectivity index (χ2n) is 2.55. The van der Waals surface area contributed by atoms with Crippen LogP contribution in [0.15, 0.2) is 0 Å². The minimum atomic E-state index is -0.725. The molecule has 11 heavy (non-hydrogen) atoms. The topological polar surface area (TPSA) is 55.7 Å². The summed E-state index contributed by atoms with van der Waals surface area (Å²) in [7, 11) is 3.65. The van der Waals surface area contributed by atoms with E-state index >= 15 is 0 Å². The minimum absolute atomic E-state index is 0.361. The predicted molar refractivity (Wildman–Crippen MR) is 47.5 cm³/mol. The van der Waals surface area contributed by atoms with Crippen LogP contribution in [0.5, 0.6) is 0 Å². The van der Waals surface area contributed by atoms with Gasteiger partial charge in [-0.25, -0.2) is 0 Å². The molecule has 0 spiro atoms. The summed E-state index contributed by atoms with van der Waals surface area (Å²) >= 11 is 3.07. The predicted octanol–water partition coefficient (Wildman–Crippen LogP) is -0.831. The molecule has 2 atom stereocenters. The number of aliphatic hydroxyl groups is 2. The van der Waals surface area contributed by atoms with Gasteiger partial charge in [-0.1, -0.05) is 15.9 Å². The first-order valence-electron chi connectivity index (χ1n) is 3.41. The van der Waals surface area contributed by atoms with E-state index in [9.17, 15) is 5.11 Å². The number of hydrogen-bond acceptors (Lipinski definition) is 4. The van der Waals surface area contributed by atoms with Gasteiger partial charge >= 0.3 is 0 Å². The SMILES string of the molecule is CN(C)NCC(O)C(O)CBr. The lowest BCUT2D eigenvalue weighted by Crippen LogP contribution is -2.42. The average molecular weight is 227 g/mol. The third-order valence-corrected chi connectivity index (χ3v) is 1.88. The molecule has 4 nitrogen and oxygen atoms in total. The smallest absolute Gasteiger partial charge is 0.0945 e. The molecule has 0 aliphatic rings. The molecule has 0 aromatic carbocycles. The van der Waals surface area contributed by atoms with Crippen LogP contribution >= 0.6 is 15.9 Å². The lowest BCUT2D eigenvalue weighted by atomic mass is 10.2. The van der Waals surface area contributed by atoms with Crippen molar-refractivity contribution in [2.45, 2.75) is 12.2 Å². The molecule has 2 unspecified atom stereocenters. The van der Waals surface area contributed by atoms with Crippen LogP contribution in [0.4, 0.5) is 0 Å². The zero-order valence-corrected chi connectivity index (χ0v) is 8.37. The number of rotatable bonds is 5. The van der Waals surface area contributed by atoms with E-state index in [0.717, 1.165) is 0 Å². The van der Waals surface area contributed by atoms with Crippen molar-refractivity contribution in [3.05, 3.63) is 0 Å². The quantitative estimate of drug-likeness (QED) is 0.424. The maximum Gasteiger partial charge on any atom is 0.0945 e. The van der Waals surface area contributed by atoms with Gasteiger partial charge in [-0.05, 0) is 0 Å². The zero-order valence-electron chi connectivity index (χ0n) is 6.79. The van der Waals surface area contributed by atoms with Gasteiger partial charge in [0, 0.05) is 26.0 Å². The number of nitrogens with one attached hydrogen (secondary N) is 1. The van der Waals surface area contributed by atoms with Crippen molar-refractivity contribution >= 4 is 15.9 Å². The molecule has 0 rings (SSSR count). The van der Waals surface area contributed by atoms with Gasteiger partial charge in [0.25, 0.3) is 0 Å². The number of hydrogen-bond donors (Lipinski definition) is 3. The second kappa shape index (κ2) is 5.91. The highest BCUT2D eigenvalue weighted by atomic mass is 79.9. The molecule has 0 fully saturated rings. The summed E-state index contributed by atoms with van der Waals surface area (Å²) in [6.07, 6.45) is -1.43. The van der Waals surface area contributed by atoms with Crippen LogP contribution in [0.1, 0.15) is 0 Å². The lowest BCUT2D eigenvalue weighted by Gasteiger charge is -2.18. The van der Waals surface area contributed by atoms with Crippen molar-refractivity contribution < 1.29 is 10.2 Å². The fourth-order valence-corrected chi connectivity index (χ4v) is 0.946. The number of nitrogens with zero attached hydrogens (tertiary/aromatic N) is 1. The van der Waals surface area contributed by atoms with E-state index in [4.69, 9.17) is 5.11 Å². The van der Waals surface area contributed by atoms with Crippen LogP contribution in [0.2, 0.25) is 0 Å². The highest BCUT2D eigenvalue weighted by Gasteiger charge is 2.13. The molecule has 0 aliphatic carbocycles. The van der Waals surface area contributed by atoms with Gasteiger partial charge in [-0.2, -0.15) is 0 Å². The Hall–Kier alpha value is 0.320. The van der Waals surface area contributed by atoms with Crippen molar-refractivity contribution in [2.24, 2.45) is 0 Å². The summed E-state index contributed by atoms with van der Waals surface area (Å²) in [5.74, 6) is 0. The molecule has 0 aliphatic heterocycles. The van der Waals surface area contributed by atoms with E-state index in [1.165, 1.54) is 0 Å². The number of halogens is 1. The fourth-order valence-electron chi connectivity index (χ4n) is 0.515. The van der Waals surface area contributed by atoms with Gasteiger partial charge < -0.3 is 10.2 Å². The molecular weight excluding hydrogens is 212 g/mol. The Bertz CT molecular complexity index is 103. The van der Waals surface area contributed by atoms with E-state index in [-0.39, 0.29) is 0 Å². The van der Waals surface area contributed by atoms with Crippen LogP contribution in [0, 0.1) is 0 Å². The van der Waals surface area contributed by atoms with E-state index in [0.29, 0.717) is 11.9 Å². The van der Waals surface area contributed by atoms with Crippen molar-refractivity contribution in [2.75, 3.05) is 26.0 Å². The van der Waals surface area contributed by atoms with E-state index in [2.05, 4.69) is 21.4 Å². The van der Waals surface area contributed by atoms with Crippen molar-refractivity contribution in [3.63, 3.8) is 0 Å². The Morgan fingerprint density at radius 2 is 1.91 bits per heavy atom. The molecule has 3 N–H and O–H groups in total. The maximum absolute atomic E-state index is 9.20. The molecule has 0 bridgehead atoms. The molecular formula is C6H15BrN2O2. The monoisotopic (exact) mass is 226 g/mol. The minimum Gasteiger partial charge on any atom is -0.390 e. The highest BCUT2D eigenvalue weighted by Crippen LogP contribution is 1.96. The molecule has 0 heterocycles. The Morgan fingerprint density at radius 3 is 2.27 bits per heavy atom. The number of aliphatic hydroxyl groups excluding tert-OH is 2. The van der Waals surface area contributed by atoms with Crippen LogP contribution in [0.3, 0.4) is 0 Å². The van der Waals surface area contributed by atoms with E-state index in [1.807, 2.05) is 14.1 Å². The lowest BCUT2D eigenvalue weighted by molar-refractivity contribution is 0.0252. The highest BCUT2D eigenvalue weighted by molar-refractivity contribution is 9.09. The van der Waals surface area contributed by atoms with Crippen molar-refractivity contribution in [1.29, 1.82) is 0 Å². The van der Waals surface area contributed by atoms with Gasteiger partial charge in [0.2, 0.25) is 0 Å². The summed E-state index contributed by atoms with van der Waals surface area (Å²) < 4.78 is 0. The Morgan fingerprint density at radius 1 is 1.36 bits per heavy atom. The first-order chi connectivity index (χ1) is 5.07. The van der Waals surface area contributed by atoms with Crippen LogP contribution < -0.4 is 5.43 Å². The summed E-state index contributed by atoms with van der Waals surface area (Å²) in [5.41, 5.74) is 2.86. The Balaban J connectivity index is 3.43. The molecule has 0 aromatic rings. The summed E-state index contributed by atoms with van der Waals surface area (Å²) in [6.45, 7) is 0.361. The molecule has 0 amide bonds. The van der Waals surface area contributed by atoms with Gasteiger partial charge in [-0.3, -0.25) is 10.4 Å². The largest absolute Gasteiger partial charge is 0.390 e. The normalized spacial score (nSPS) is 16.9. The van der Waals surface area contributed by atoms with E-state index in [1.54, 1.807) is 5.01 Å². The fraction of sp³-hybridized carbons (Fsp3) is 1.00. The summed E-state index contributed by atoms with van der Waals surface area (Å²) in [5, 5.41) is 20.4. The Kier molecular flexibility index (Phi) is 6.08. The summed E-state index contributed by atoms with van der Waals surface area (Å²) in [4.78, 5) is 0. The van der Waals surface area contributed by atoms with Crippen molar-refractivity contribution in [3.8, 4) is 0 Å². The van der Waals surface area contributed by atoms with Crippen molar-refractivity contribution in [1.82, 2.24) is 10.4 Å². The van der Waals surface area contributed by atoms with Gasteiger partial charge in [0.05, 0.1) is 12.2 Å². The molecule has 5 heteroatoms. The second-order valence-corrected chi connectivity index (χ2v) is 3.19. The summed E-state index contributed by atoms with van der Waals surface area (Å²) in [6, 6.07) is 0. The first-order valence-corrected chi connectivity index (χ1v) is 4.53. The van der Waals surface area contributed by atoms with Gasteiger partial charge in [0.15, 0.2) is 0 Å². The van der Waals surface area contributed by atoms with Crippen LogP contribution in [0.25, 0.3) is 0 Å². The number of alkyl halides is 1. The maximum atomic E-state index is 9.20. The molecule has 0 saturated carbocycles. The molecule has 0 saturated heterocycles. The molecule has 68 valence electrons. The first kappa shape index (κ1) is 11.3. The van der Waals surface area contributed by atoms with Gasteiger partial charge in [-0.15, -0.1) is 0 Å². The van der Waals surface area contributed by atoms with E-state index < -0.39 is 12.2 Å². The third-order valence-electron chi connectivity index (χ3n) is 1.22. The van der Waals surface area contributed by atoms with Gasteiger partial charge in [0.1, 0.15) is 0 Å². The number of hydrazine groups is 1. The molecule has 0 aromatic heterocycles. The standard InChI is InChI=1S/C6H15BrN2O2/c1-9(2)8-4-6(11)5(10)3-7/h5-6,8,10-11H,3-4H2,1-2H3. The van der Waals surface area contributed by atoms with Crippen LogP contribution in [-0.2, 0) is 0 Å². The zero-order chi connectivity index (χ0) is 8.85. The average Bonchev–Trinajstić information content (AvgIpc) is 1.98. The van der Waals surface area contributed by atoms with Crippen LogP contribution in [-0.4, -0.2) is 53.4 Å². The third kappa shape index (κ3) is 5.57. The Labute approximate surface area is 75.3 Å². The molecule has 0 radical (unpaired) electrons.